The zero-order valence-electron chi connectivity index (χ0n) is 18.5. The largest absolute Gasteiger partial charge is 0.495 e. The number of carbonyl (C=O) groups is 1. The minimum Gasteiger partial charge on any atom is -0.399 e. The molecule has 29 heavy (non-hydrogen) atoms. The molecular formula is C22H28BN3O3. The predicted molar refractivity (Wildman–Crippen MR) is 114 cm³/mol. The standard InChI is InChI=1S/C22H28BN3O3/c1-20(2,3)18-13-17(26(9)25-18)19(27)15-12-14(24-8)10-11-16(15)23-28-21(4,5)22(6,7)29-23/h10-13H,1-7,9H3. The van der Waals surface area contributed by atoms with E-state index in [1.165, 1.54) is 0 Å². The number of aryl methyl sites for hydroxylation is 1. The first-order valence-electron chi connectivity index (χ1n) is 9.73. The number of nitrogens with zero attached hydrogens (tertiary/aromatic N) is 3. The average Bonchev–Trinajstić information content (AvgIpc) is 3.10. The molecule has 7 heteroatoms. The van der Waals surface area contributed by atoms with Crippen molar-refractivity contribution in [2.75, 3.05) is 0 Å². The highest BCUT2D eigenvalue weighted by Gasteiger charge is 2.52. The highest BCUT2D eigenvalue weighted by molar-refractivity contribution is 6.64. The molecule has 6 nitrogen and oxygen atoms in total. The van der Waals surface area contributed by atoms with Gasteiger partial charge in [0, 0.05) is 18.0 Å². The summed E-state index contributed by atoms with van der Waals surface area (Å²) in [6, 6.07) is 6.87. The van der Waals surface area contributed by atoms with Gasteiger partial charge in [0.25, 0.3) is 0 Å². The lowest BCUT2D eigenvalue weighted by Crippen LogP contribution is -2.41. The quantitative estimate of drug-likeness (QED) is 0.452. The molecule has 1 aliphatic rings. The fourth-order valence-corrected chi connectivity index (χ4v) is 3.17. The Labute approximate surface area is 173 Å². The number of rotatable bonds is 3. The van der Waals surface area contributed by atoms with E-state index in [2.05, 4.69) is 30.7 Å². The summed E-state index contributed by atoms with van der Waals surface area (Å²) in [6.45, 7) is 21.4. The van der Waals surface area contributed by atoms with Crippen molar-refractivity contribution < 1.29 is 14.1 Å². The van der Waals surface area contributed by atoms with Gasteiger partial charge in [-0.3, -0.25) is 9.48 Å². The molecule has 3 rings (SSSR count). The van der Waals surface area contributed by atoms with Crippen molar-refractivity contribution in [3.63, 3.8) is 0 Å². The molecule has 0 amide bonds. The molecule has 0 N–H and O–H groups in total. The van der Waals surface area contributed by atoms with Crippen molar-refractivity contribution in [1.82, 2.24) is 9.78 Å². The summed E-state index contributed by atoms with van der Waals surface area (Å²) in [5.41, 5.74) is 1.50. The monoisotopic (exact) mass is 393 g/mol. The van der Waals surface area contributed by atoms with E-state index in [0.717, 1.165) is 5.69 Å². The maximum atomic E-state index is 13.5. The summed E-state index contributed by atoms with van der Waals surface area (Å²) in [6.07, 6.45) is 0. The molecular weight excluding hydrogens is 365 g/mol. The zero-order chi connectivity index (χ0) is 21.8. The smallest absolute Gasteiger partial charge is 0.399 e. The second kappa shape index (κ2) is 6.82. The molecule has 1 fully saturated rings. The third-order valence-corrected chi connectivity index (χ3v) is 5.80. The maximum Gasteiger partial charge on any atom is 0.495 e. The highest BCUT2D eigenvalue weighted by atomic mass is 16.7. The maximum absolute atomic E-state index is 13.5. The summed E-state index contributed by atoms with van der Waals surface area (Å²) < 4.78 is 13.9. The Kier molecular flexibility index (Phi) is 5.01. The zero-order valence-corrected chi connectivity index (χ0v) is 18.5. The Hall–Kier alpha value is -2.43. The van der Waals surface area contributed by atoms with Gasteiger partial charge < -0.3 is 9.31 Å². The molecule has 1 aromatic heterocycles. The third-order valence-electron chi connectivity index (χ3n) is 5.80. The van der Waals surface area contributed by atoms with Crippen LogP contribution in [-0.2, 0) is 21.8 Å². The Morgan fingerprint density at radius 3 is 2.21 bits per heavy atom. The Morgan fingerprint density at radius 1 is 1.14 bits per heavy atom. The van der Waals surface area contributed by atoms with E-state index in [1.807, 2.05) is 33.8 Å². The number of benzene rings is 1. The molecule has 0 bridgehead atoms. The molecule has 2 heterocycles. The summed E-state index contributed by atoms with van der Waals surface area (Å²) in [4.78, 5) is 17.0. The van der Waals surface area contributed by atoms with Crippen LogP contribution in [0.4, 0.5) is 5.69 Å². The van der Waals surface area contributed by atoms with Crippen molar-refractivity contribution in [1.29, 1.82) is 0 Å². The molecule has 0 saturated carbocycles. The molecule has 1 aromatic carbocycles. The van der Waals surface area contributed by atoms with Crippen LogP contribution in [0.1, 0.15) is 70.2 Å². The first-order valence-corrected chi connectivity index (χ1v) is 9.73. The molecule has 2 aromatic rings. The van der Waals surface area contributed by atoms with E-state index in [-0.39, 0.29) is 11.2 Å². The second-order valence-corrected chi connectivity index (χ2v) is 9.59. The minimum atomic E-state index is -0.686. The van der Waals surface area contributed by atoms with Crippen LogP contribution in [0.3, 0.4) is 0 Å². The Morgan fingerprint density at radius 2 is 1.72 bits per heavy atom. The molecule has 0 spiro atoms. The van der Waals surface area contributed by atoms with Gasteiger partial charge in [-0.2, -0.15) is 5.10 Å². The topological polar surface area (TPSA) is 57.7 Å². The molecule has 1 saturated heterocycles. The minimum absolute atomic E-state index is 0.177. The van der Waals surface area contributed by atoms with Gasteiger partial charge in [-0.05, 0) is 45.3 Å². The Balaban J connectivity index is 2.09. The second-order valence-electron chi connectivity index (χ2n) is 9.59. The summed E-state index contributed by atoms with van der Waals surface area (Å²) >= 11 is 0. The third kappa shape index (κ3) is 3.75. The lowest BCUT2D eigenvalue weighted by molar-refractivity contribution is 0.00578. The van der Waals surface area contributed by atoms with E-state index in [0.29, 0.717) is 22.4 Å². The van der Waals surface area contributed by atoms with Crippen LogP contribution < -0.4 is 5.46 Å². The van der Waals surface area contributed by atoms with Crippen LogP contribution in [0.2, 0.25) is 0 Å². The highest BCUT2D eigenvalue weighted by Crippen LogP contribution is 2.37. The summed E-state index contributed by atoms with van der Waals surface area (Å²) in [7, 11) is 1.07. The lowest BCUT2D eigenvalue weighted by atomic mass is 9.74. The number of hydrogen-bond acceptors (Lipinski definition) is 4. The van der Waals surface area contributed by atoms with Crippen molar-refractivity contribution in [3.05, 3.63) is 52.6 Å². The summed E-state index contributed by atoms with van der Waals surface area (Å²) in [5.74, 6) is -0.203. The number of hydrogen-bond donors (Lipinski definition) is 0. The van der Waals surface area contributed by atoms with E-state index in [1.54, 1.807) is 29.9 Å². The van der Waals surface area contributed by atoms with E-state index in [4.69, 9.17) is 15.9 Å². The van der Waals surface area contributed by atoms with Gasteiger partial charge in [0.05, 0.1) is 23.5 Å². The average molecular weight is 393 g/mol. The van der Waals surface area contributed by atoms with E-state index < -0.39 is 18.3 Å². The van der Waals surface area contributed by atoms with Crippen LogP contribution >= 0.6 is 0 Å². The van der Waals surface area contributed by atoms with Gasteiger partial charge in [-0.25, -0.2) is 4.85 Å². The molecule has 0 unspecified atom stereocenters. The van der Waals surface area contributed by atoms with Gasteiger partial charge in [0.15, 0.2) is 5.69 Å². The van der Waals surface area contributed by atoms with Crippen molar-refractivity contribution >= 4 is 24.1 Å². The van der Waals surface area contributed by atoms with Crippen molar-refractivity contribution in [3.8, 4) is 0 Å². The molecule has 0 aliphatic carbocycles. The molecule has 1 aliphatic heterocycles. The van der Waals surface area contributed by atoms with Crippen molar-refractivity contribution in [2.45, 2.75) is 65.1 Å². The van der Waals surface area contributed by atoms with Gasteiger partial charge in [0.2, 0.25) is 5.78 Å². The fourth-order valence-electron chi connectivity index (χ4n) is 3.17. The van der Waals surface area contributed by atoms with E-state index in [9.17, 15) is 4.79 Å². The predicted octanol–water partition coefficient (Wildman–Crippen LogP) is 3.80. The fraction of sp³-hybridized carbons (Fsp3) is 0.500. The van der Waals surface area contributed by atoms with Gasteiger partial charge >= 0.3 is 7.12 Å². The van der Waals surface area contributed by atoms with Crippen molar-refractivity contribution in [2.24, 2.45) is 7.05 Å². The molecule has 0 atom stereocenters. The van der Waals surface area contributed by atoms with Crippen LogP contribution in [0.25, 0.3) is 4.85 Å². The van der Waals surface area contributed by atoms with Crippen LogP contribution in [0.15, 0.2) is 24.3 Å². The summed E-state index contributed by atoms with van der Waals surface area (Å²) in [5, 5.41) is 4.52. The number of ketones is 1. The normalized spacial score (nSPS) is 18.0. The molecule has 152 valence electrons. The SMILES string of the molecule is [C-]#[N+]c1ccc(B2OC(C)(C)C(C)(C)O2)c(C(=O)c2cc(C(C)(C)C)nn2C)c1. The van der Waals surface area contributed by atoms with Gasteiger partial charge in [0.1, 0.15) is 5.69 Å². The first-order chi connectivity index (χ1) is 13.3. The number of aromatic nitrogens is 2. The van der Waals surface area contributed by atoms with Crippen LogP contribution in [-0.4, -0.2) is 33.9 Å². The molecule has 0 radical (unpaired) electrons. The van der Waals surface area contributed by atoms with E-state index >= 15 is 0 Å². The first kappa shape index (κ1) is 21.3. The van der Waals surface area contributed by atoms with Crippen LogP contribution in [0, 0.1) is 6.57 Å². The van der Waals surface area contributed by atoms with Gasteiger partial charge in [-0.15, -0.1) is 0 Å². The lowest BCUT2D eigenvalue weighted by Gasteiger charge is -2.32. The van der Waals surface area contributed by atoms with Gasteiger partial charge in [-0.1, -0.05) is 32.9 Å². The number of carbonyl (C=O) groups excluding carboxylic acids is 1. The Bertz CT molecular complexity index is 993. The van der Waals surface area contributed by atoms with Crippen LogP contribution in [0.5, 0.6) is 0 Å².